The molecule has 0 fully saturated rings. The van der Waals surface area contributed by atoms with Crippen LogP contribution in [0.1, 0.15) is 62.8 Å². The molecule has 6 nitrogen and oxygen atoms in total. The molecule has 5 aromatic carbocycles. The first kappa shape index (κ1) is 48.2. The van der Waals surface area contributed by atoms with E-state index in [9.17, 15) is 0 Å². The largest absolute Gasteiger partial charge is 0.499 e. The van der Waals surface area contributed by atoms with Crippen LogP contribution in [0.2, 0.25) is 19.6 Å². The molecule has 5 aromatic heterocycles. The van der Waals surface area contributed by atoms with Gasteiger partial charge in [-0.2, -0.15) is 0 Å². The van der Waals surface area contributed by atoms with Crippen molar-refractivity contribution in [1.82, 2.24) is 24.5 Å². The normalized spacial score (nSPS) is 11.8. The summed E-state index contributed by atoms with van der Waals surface area (Å²) in [5.41, 5.74) is 18.4. The number of benzene rings is 5. The molecule has 5 heterocycles. The summed E-state index contributed by atoms with van der Waals surface area (Å²) in [4.78, 5) is 19.6. The number of aromatic nitrogens is 5. The van der Waals surface area contributed by atoms with Crippen molar-refractivity contribution >= 4 is 46.4 Å². The number of hydrogen-bond donors (Lipinski definition) is 0. The Labute approximate surface area is 416 Å². The van der Waals surface area contributed by atoms with Gasteiger partial charge in [0.25, 0.3) is 0 Å². The van der Waals surface area contributed by atoms with Crippen molar-refractivity contribution in [2.24, 2.45) is 5.92 Å². The molecule has 0 bridgehead atoms. The van der Waals surface area contributed by atoms with Gasteiger partial charge < -0.3 is 14.0 Å². The molecule has 0 atom stereocenters. The molecule has 8 heteroatoms. The number of rotatable bonds is 8. The summed E-state index contributed by atoms with van der Waals surface area (Å²) in [6.45, 7) is 24.6. The maximum atomic E-state index is 6.45. The van der Waals surface area contributed by atoms with Crippen molar-refractivity contribution < 1.29 is 24.5 Å². The van der Waals surface area contributed by atoms with Crippen LogP contribution in [0.4, 0.5) is 0 Å². The monoisotopic (exact) mass is 1090 g/mol. The van der Waals surface area contributed by atoms with Crippen molar-refractivity contribution in [3.05, 3.63) is 180 Å². The first-order chi connectivity index (χ1) is 32.0. The summed E-state index contributed by atoms with van der Waals surface area (Å²) in [6.07, 6.45) is 3.23. The zero-order chi connectivity index (χ0) is 47.2. The SMILES string of the molecule is CC(C)Cc1cc(-c2[c-]ccc(-c3ccccc3)c2)ncc1[Si](C)(C)C.Cc1cc2c(nc(-c3[c-]ccc4c3oc3ccc(C)nc34)n2-c2ccc(C(C)(C)C)cc2-c2ccccc2)c(C)n1.[Ir]. The van der Waals surface area contributed by atoms with Crippen LogP contribution in [0.15, 0.2) is 144 Å². The van der Waals surface area contributed by atoms with Crippen LogP contribution in [-0.2, 0) is 31.9 Å². The number of fused-ring (bicyclic) bond motifs is 4. The fourth-order valence-corrected chi connectivity index (χ4v) is 10.7. The van der Waals surface area contributed by atoms with Gasteiger partial charge in [-0.1, -0.05) is 138 Å². The van der Waals surface area contributed by atoms with E-state index in [1.807, 2.05) is 57.2 Å². The number of pyridine rings is 3. The standard InChI is InChI=1S/C36H31N4O.C24H28NSi.Ir/c1-21-15-18-31-33(38-21)26-13-10-14-27(34(26)41-31)35-39-32-23(3)37-22(2)19-30(32)40(35)29-17-16-25(36(4,5)6)20-28(29)24-11-8-7-9-12-24;1-18(2)14-22-16-23(25-17-24(22)26(3,4)5)21-13-9-12-20(15-21)19-10-7-6-8-11-19;/h7-13,15-20H,1-6H3;6-12,15-18H,14H2,1-5H3;/q2*-1;. The van der Waals surface area contributed by atoms with E-state index in [4.69, 9.17) is 24.4 Å². The minimum Gasteiger partial charge on any atom is -0.499 e. The van der Waals surface area contributed by atoms with Crippen LogP contribution in [0, 0.1) is 38.8 Å². The second-order valence-electron chi connectivity index (χ2n) is 20.3. The molecule has 0 spiro atoms. The van der Waals surface area contributed by atoms with E-state index in [-0.39, 0.29) is 25.5 Å². The second-order valence-corrected chi connectivity index (χ2v) is 25.3. The third-order valence-electron chi connectivity index (χ3n) is 12.4. The first-order valence-corrected chi connectivity index (χ1v) is 26.9. The van der Waals surface area contributed by atoms with E-state index in [0.717, 1.165) is 96.1 Å². The van der Waals surface area contributed by atoms with Crippen LogP contribution < -0.4 is 5.19 Å². The van der Waals surface area contributed by atoms with Crippen LogP contribution in [0.5, 0.6) is 0 Å². The van der Waals surface area contributed by atoms with Crippen LogP contribution in [0.3, 0.4) is 0 Å². The summed E-state index contributed by atoms with van der Waals surface area (Å²) in [6, 6.07) is 53.4. The van der Waals surface area contributed by atoms with Crippen molar-refractivity contribution in [3.63, 3.8) is 0 Å². The molecule has 0 N–H and O–H groups in total. The summed E-state index contributed by atoms with van der Waals surface area (Å²) < 4.78 is 8.70. The van der Waals surface area contributed by atoms with Crippen LogP contribution in [0.25, 0.3) is 83.7 Å². The Morgan fingerprint density at radius 2 is 1.40 bits per heavy atom. The predicted octanol–water partition coefficient (Wildman–Crippen LogP) is 15.0. The van der Waals surface area contributed by atoms with E-state index < -0.39 is 8.07 Å². The Kier molecular flexibility index (Phi) is 13.7. The third-order valence-corrected chi connectivity index (χ3v) is 14.4. The molecule has 345 valence electrons. The summed E-state index contributed by atoms with van der Waals surface area (Å²) in [7, 11) is -1.40. The van der Waals surface area contributed by atoms with E-state index in [1.165, 1.54) is 27.4 Å². The summed E-state index contributed by atoms with van der Waals surface area (Å²) >= 11 is 0. The fraction of sp³-hybridized carbons (Fsp3) is 0.233. The first-order valence-electron chi connectivity index (χ1n) is 23.4. The average molecular weight is 1090 g/mol. The van der Waals surface area contributed by atoms with Gasteiger partial charge in [-0.3, -0.25) is 15.0 Å². The van der Waals surface area contributed by atoms with E-state index in [2.05, 4.69) is 174 Å². The molecule has 0 amide bonds. The van der Waals surface area contributed by atoms with Gasteiger partial charge in [-0.05, 0) is 102 Å². The molecule has 0 aliphatic heterocycles. The summed E-state index contributed by atoms with van der Waals surface area (Å²) in [5, 5.41) is 2.43. The number of imidazole rings is 1. The van der Waals surface area contributed by atoms with E-state index in [0.29, 0.717) is 5.92 Å². The minimum atomic E-state index is -1.40. The molecule has 0 aliphatic carbocycles. The van der Waals surface area contributed by atoms with Gasteiger partial charge in [0, 0.05) is 48.9 Å². The van der Waals surface area contributed by atoms with Crippen molar-refractivity contribution in [1.29, 1.82) is 0 Å². The molecular formula is C60H59IrN5OSi-2. The van der Waals surface area contributed by atoms with Gasteiger partial charge >= 0.3 is 0 Å². The smallest absolute Gasteiger partial charge is 0.139 e. The number of furan rings is 1. The van der Waals surface area contributed by atoms with E-state index in [1.54, 1.807) is 0 Å². The zero-order valence-corrected chi connectivity index (χ0v) is 44.4. The van der Waals surface area contributed by atoms with Gasteiger partial charge in [-0.25, -0.2) is 0 Å². The molecule has 0 unspecified atom stereocenters. The van der Waals surface area contributed by atoms with E-state index >= 15 is 0 Å². The zero-order valence-electron chi connectivity index (χ0n) is 41.0. The molecule has 0 aliphatic rings. The van der Waals surface area contributed by atoms with Crippen molar-refractivity contribution in [2.75, 3.05) is 0 Å². The van der Waals surface area contributed by atoms with Crippen LogP contribution in [-0.4, -0.2) is 32.6 Å². The maximum Gasteiger partial charge on any atom is 0.139 e. The Morgan fingerprint density at radius 1 is 0.691 bits per heavy atom. The quantitative estimate of drug-likeness (QED) is 0.112. The molecule has 0 saturated carbocycles. The molecule has 68 heavy (non-hydrogen) atoms. The van der Waals surface area contributed by atoms with Crippen molar-refractivity contribution in [3.8, 4) is 50.6 Å². The predicted molar refractivity (Wildman–Crippen MR) is 282 cm³/mol. The van der Waals surface area contributed by atoms with Crippen LogP contribution >= 0.6 is 0 Å². The topological polar surface area (TPSA) is 69.6 Å². The molecule has 0 saturated heterocycles. The Bertz CT molecular complexity index is 3410. The van der Waals surface area contributed by atoms with Gasteiger partial charge in [-0.15, -0.1) is 53.6 Å². The van der Waals surface area contributed by atoms with Crippen molar-refractivity contribution in [2.45, 2.75) is 86.9 Å². The molecular weight excluding hydrogens is 1030 g/mol. The van der Waals surface area contributed by atoms with Gasteiger partial charge in [0.2, 0.25) is 0 Å². The molecule has 10 aromatic rings. The number of nitrogens with zero attached hydrogens (tertiary/aromatic N) is 5. The Balaban J connectivity index is 0.000000201. The van der Waals surface area contributed by atoms with Gasteiger partial charge in [0.05, 0.1) is 41.7 Å². The average Bonchev–Trinajstić information content (AvgIpc) is 3.87. The summed E-state index contributed by atoms with van der Waals surface area (Å²) in [5.74, 6) is 1.40. The maximum absolute atomic E-state index is 6.45. The third kappa shape index (κ3) is 9.82. The number of aryl methyl sites for hydroxylation is 3. The Hall–Kier alpha value is -6.31. The Morgan fingerprint density at radius 3 is 2.09 bits per heavy atom. The molecule has 10 rings (SSSR count). The van der Waals surface area contributed by atoms with Gasteiger partial charge in [0.15, 0.2) is 0 Å². The fourth-order valence-electron chi connectivity index (χ4n) is 9.06. The molecule has 1 radical (unpaired) electrons. The number of hydrogen-bond acceptors (Lipinski definition) is 5. The minimum absolute atomic E-state index is 0. The second kappa shape index (κ2) is 19.4. The van der Waals surface area contributed by atoms with Gasteiger partial charge in [0.1, 0.15) is 5.58 Å².